The lowest BCUT2D eigenvalue weighted by molar-refractivity contribution is -0.130. The molecule has 1 N–H and O–H groups in total. The molecule has 0 aliphatic carbocycles. The second-order valence-corrected chi connectivity index (χ2v) is 7.49. The van der Waals surface area contributed by atoms with Crippen LogP contribution in [0.2, 0.25) is 0 Å². The molecule has 0 aromatic heterocycles. The highest BCUT2D eigenvalue weighted by Crippen LogP contribution is 2.27. The highest BCUT2D eigenvalue weighted by Gasteiger charge is 2.24. The summed E-state index contributed by atoms with van der Waals surface area (Å²) in [5, 5.41) is 3.42. The number of hydrogen-bond donors (Lipinski definition) is 1. The molecule has 7 nitrogen and oxygen atoms in total. The summed E-state index contributed by atoms with van der Waals surface area (Å²) < 4.78 is 5.35. The Balaban J connectivity index is 1.56. The standard InChI is InChI=1S/C21H33N5O2/c1-4-22-21(25-12-10-24(11-13-25)17(2)27)23-15-18-8-9-26(16-18)19-6-5-7-20(14-19)28-3/h5-7,14,18H,4,8-13,15-16H2,1-3H3,(H,22,23). The number of carbonyl (C=O) groups is 1. The minimum absolute atomic E-state index is 0.158. The van der Waals surface area contributed by atoms with Crippen molar-refractivity contribution in [3.63, 3.8) is 0 Å². The minimum atomic E-state index is 0.158. The van der Waals surface area contributed by atoms with Gasteiger partial charge in [-0.15, -0.1) is 0 Å². The van der Waals surface area contributed by atoms with Crippen molar-refractivity contribution in [2.45, 2.75) is 20.3 Å². The number of rotatable bonds is 5. The van der Waals surface area contributed by atoms with Crippen LogP contribution in [0.15, 0.2) is 29.3 Å². The zero-order chi connectivity index (χ0) is 19.9. The lowest BCUT2D eigenvalue weighted by Crippen LogP contribution is -2.53. The van der Waals surface area contributed by atoms with E-state index in [1.54, 1.807) is 14.0 Å². The monoisotopic (exact) mass is 387 g/mol. The molecular weight excluding hydrogens is 354 g/mol. The molecule has 0 bridgehead atoms. The summed E-state index contributed by atoms with van der Waals surface area (Å²) in [6.07, 6.45) is 1.15. The molecule has 0 spiro atoms. The molecule has 7 heteroatoms. The normalized spacial score (nSPS) is 20.5. The first kappa shape index (κ1) is 20.3. The van der Waals surface area contributed by atoms with Crippen molar-refractivity contribution in [2.24, 2.45) is 10.9 Å². The number of benzene rings is 1. The van der Waals surface area contributed by atoms with E-state index >= 15 is 0 Å². The number of carbonyl (C=O) groups excluding carboxylic acids is 1. The summed E-state index contributed by atoms with van der Waals surface area (Å²) in [7, 11) is 1.71. The van der Waals surface area contributed by atoms with Gasteiger partial charge in [-0.05, 0) is 31.4 Å². The molecule has 1 unspecified atom stereocenters. The largest absolute Gasteiger partial charge is 0.497 e. The third-order valence-corrected chi connectivity index (χ3v) is 5.56. The predicted molar refractivity (Wildman–Crippen MR) is 113 cm³/mol. The van der Waals surface area contributed by atoms with Gasteiger partial charge < -0.3 is 24.8 Å². The van der Waals surface area contributed by atoms with E-state index in [1.807, 2.05) is 17.0 Å². The summed E-state index contributed by atoms with van der Waals surface area (Å²) in [4.78, 5) is 23.1. The molecule has 1 atom stereocenters. The predicted octanol–water partition coefficient (Wildman–Crippen LogP) is 1.65. The molecule has 0 radical (unpaired) electrons. The zero-order valence-corrected chi connectivity index (χ0v) is 17.4. The summed E-state index contributed by atoms with van der Waals surface area (Å²) in [5.74, 6) is 2.59. The van der Waals surface area contributed by atoms with E-state index in [0.717, 1.165) is 70.5 Å². The average molecular weight is 388 g/mol. The minimum Gasteiger partial charge on any atom is -0.497 e. The van der Waals surface area contributed by atoms with Gasteiger partial charge in [0.25, 0.3) is 0 Å². The van der Waals surface area contributed by atoms with E-state index in [2.05, 4.69) is 34.2 Å². The van der Waals surface area contributed by atoms with Crippen LogP contribution in [0.1, 0.15) is 20.3 Å². The van der Waals surface area contributed by atoms with Crippen molar-refractivity contribution in [2.75, 3.05) is 64.4 Å². The number of hydrogen-bond acceptors (Lipinski definition) is 4. The number of ether oxygens (including phenoxy) is 1. The van der Waals surface area contributed by atoms with E-state index in [0.29, 0.717) is 5.92 Å². The molecule has 28 heavy (non-hydrogen) atoms. The van der Waals surface area contributed by atoms with Crippen molar-refractivity contribution in [3.8, 4) is 5.75 Å². The van der Waals surface area contributed by atoms with Gasteiger partial charge in [-0.25, -0.2) is 0 Å². The number of guanidine groups is 1. The first-order valence-electron chi connectivity index (χ1n) is 10.3. The molecule has 3 rings (SSSR count). The van der Waals surface area contributed by atoms with E-state index in [-0.39, 0.29) is 5.91 Å². The molecular formula is C21H33N5O2. The van der Waals surface area contributed by atoms with Gasteiger partial charge in [-0.3, -0.25) is 9.79 Å². The Hall–Kier alpha value is -2.44. The Bertz CT molecular complexity index is 685. The van der Waals surface area contributed by atoms with Crippen LogP contribution in [-0.4, -0.2) is 81.1 Å². The topological polar surface area (TPSA) is 60.4 Å². The van der Waals surface area contributed by atoms with Crippen molar-refractivity contribution < 1.29 is 9.53 Å². The molecule has 2 saturated heterocycles. The van der Waals surface area contributed by atoms with Crippen LogP contribution < -0.4 is 15.0 Å². The van der Waals surface area contributed by atoms with Gasteiger partial charge in [-0.1, -0.05) is 6.07 Å². The Kier molecular flexibility index (Phi) is 7.01. The number of piperazine rings is 1. The van der Waals surface area contributed by atoms with Gasteiger partial charge in [0.05, 0.1) is 7.11 Å². The van der Waals surface area contributed by atoms with Crippen LogP contribution in [0.5, 0.6) is 5.75 Å². The first-order chi connectivity index (χ1) is 13.6. The maximum absolute atomic E-state index is 11.5. The maximum Gasteiger partial charge on any atom is 0.219 e. The van der Waals surface area contributed by atoms with E-state index in [1.165, 1.54) is 5.69 Å². The summed E-state index contributed by atoms with van der Waals surface area (Å²) >= 11 is 0. The fourth-order valence-corrected chi connectivity index (χ4v) is 3.90. The quantitative estimate of drug-likeness (QED) is 0.615. The van der Waals surface area contributed by atoms with Crippen molar-refractivity contribution in [3.05, 3.63) is 24.3 Å². The second kappa shape index (κ2) is 9.66. The van der Waals surface area contributed by atoms with Crippen LogP contribution in [0.4, 0.5) is 5.69 Å². The SMILES string of the molecule is CCNC(=NCC1CCN(c2cccc(OC)c2)C1)N1CCN(C(C)=O)CC1. The van der Waals surface area contributed by atoms with Gasteiger partial charge in [0.1, 0.15) is 5.75 Å². The molecule has 2 heterocycles. The smallest absolute Gasteiger partial charge is 0.219 e. The number of nitrogens with zero attached hydrogens (tertiary/aromatic N) is 4. The number of amides is 1. The van der Waals surface area contributed by atoms with Crippen LogP contribution >= 0.6 is 0 Å². The zero-order valence-electron chi connectivity index (χ0n) is 17.4. The van der Waals surface area contributed by atoms with Gasteiger partial charge in [0.15, 0.2) is 5.96 Å². The molecule has 154 valence electrons. The summed E-state index contributed by atoms with van der Waals surface area (Å²) in [5.41, 5.74) is 1.22. The highest BCUT2D eigenvalue weighted by atomic mass is 16.5. The average Bonchev–Trinajstić information content (AvgIpc) is 3.20. The summed E-state index contributed by atoms with van der Waals surface area (Å²) in [6, 6.07) is 8.27. The van der Waals surface area contributed by atoms with Gasteiger partial charge in [-0.2, -0.15) is 0 Å². The van der Waals surface area contributed by atoms with Crippen LogP contribution in [-0.2, 0) is 4.79 Å². The van der Waals surface area contributed by atoms with E-state index < -0.39 is 0 Å². The number of aliphatic imine (C=N–C) groups is 1. The molecule has 1 aromatic carbocycles. The summed E-state index contributed by atoms with van der Waals surface area (Å²) in [6.45, 7) is 10.7. The molecule has 1 amide bonds. The molecule has 1 aromatic rings. The molecule has 0 saturated carbocycles. The Morgan fingerprint density at radius 1 is 1.21 bits per heavy atom. The van der Waals surface area contributed by atoms with Crippen LogP contribution in [0.25, 0.3) is 0 Å². The Morgan fingerprint density at radius 2 is 1.96 bits per heavy atom. The van der Waals surface area contributed by atoms with E-state index in [4.69, 9.17) is 9.73 Å². The van der Waals surface area contributed by atoms with Gasteiger partial charge in [0.2, 0.25) is 5.91 Å². The molecule has 2 aliphatic heterocycles. The third-order valence-electron chi connectivity index (χ3n) is 5.56. The lowest BCUT2D eigenvalue weighted by atomic mass is 10.1. The molecule has 2 aliphatic rings. The lowest BCUT2D eigenvalue weighted by Gasteiger charge is -2.36. The fourth-order valence-electron chi connectivity index (χ4n) is 3.90. The number of nitrogens with one attached hydrogen (secondary N) is 1. The Morgan fingerprint density at radius 3 is 2.64 bits per heavy atom. The first-order valence-corrected chi connectivity index (χ1v) is 10.3. The van der Waals surface area contributed by atoms with Gasteiger partial charge in [0, 0.05) is 71.0 Å². The maximum atomic E-state index is 11.5. The van der Waals surface area contributed by atoms with Crippen molar-refractivity contribution in [1.82, 2.24) is 15.1 Å². The van der Waals surface area contributed by atoms with Crippen molar-refractivity contribution >= 4 is 17.6 Å². The number of anilines is 1. The van der Waals surface area contributed by atoms with Crippen molar-refractivity contribution in [1.29, 1.82) is 0 Å². The Labute approximate surface area is 168 Å². The van der Waals surface area contributed by atoms with Gasteiger partial charge >= 0.3 is 0 Å². The van der Waals surface area contributed by atoms with Crippen LogP contribution in [0.3, 0.4) is 0 Å². The second-order valence-electron chi connectivity index (χ2n) is 7.49. The van der Waals surface area contributed by atoms with E-state index in [9.17, 15) is 4.79 Å². The third kappa shape index (κ3) is 5.09. The number of methoxy groups -OCH3 is 1. The van der Waals surface area contributed by atoms with Crippen LogP contribution in [0, 0.1) is 5.92 Å². The highest BCUT2D eigenvalue weighted by molar-refractivity contribution is 5.80. The fraction of sp³-hybridized carbons (Fsp3) is 0.619. The molecule has 2 fully saturated rings.